The number of hydrogen-bond donors (Lipinski definition) is 2. The van der Waals surface area contributed by atoms with E-state index in [-0.39, 0.29) is 11.9 Å². The lowest BCUT2D eigenvalue weighted by atomic mass is 10.0. The number of amides is 1. The van der Waals surface area contributed by atoms with Crippen LogP contribution in [0.5, 0.6) is 0 Å². The summed E-state index contributed by atoms with van der Waals surface area (Å²) in [6, 6.07) is 11.2. The molecule has 1 aromatic heterocycles. The third-order valence-corrected chi connectivity index (χ3v) is 2.66. The summed E-state index contributed by atoms with van der Waals surface area (Å²) in [5.41, 5.74) is 8.21. The van der Waals surface area contributed by atoms with Gasteiger partial charge < -0.3 is 11.1 Å². The molecule has 3 N–H and O–H groups in total. The van der Waals surface area contributed by atoms with Crippen molar-refractivity contribution < 1.29 is 4.79 Å². The molecule has 0 atom stereocenters. The van der Waals surface area contributed by atoms with Gasteiger partial charge in [0.2, 0.25) is 0 Å². The Kier molecular flexibility index (Phi) is 7.09. The fraction of sp³-hybridized carbons (Fsp3) is 0.333. The maximum atomic E-state index is 12.0. The second kappa shape index (κ2) is 8.82. The van der Waals surface area contributed by atoms with Crippen LogP contribution in [0.25, 0.3) is 11.1 Å². The van der Waals surface area contributed by atoms with Gasteiger partial charge in [-0.2, -0.15) is 0 Å². The van der Waals surface area contributed by atoms with E-state index in [2.05, 4.69) is 24.1 Å². The van der Waals surface area contributed by atoms with E-state index in [0.29, 0.717) is 11.4 Å². The van der Waals surface area contributed by atoms with Crippen LogP contribution in [0.3, 0.4) is 0 Å². The van der Waals surface area contributed by atoms with Crippen molar-refractivity contribution in [3.8, 4) is 11.1 Å². The maximum absolute atomic E-state index is 12.0. The van der Waals surface area contributed by atoms with Gasteiger partial charge in [0.25, 0.3) is 5.91 Å². The third kappa shape index (κ3) is 5.56. The first-order valence-electron chi connectivity index (χ1n) is 7.60. The first-order chi connectivity index (χ1) is 10.5. The summed E-state index contributed by atoms with van der Waals surface area (Å²) in [5.74, 6) is 0.397. The van der Waals surface area contributed by atoms with E-state index in [9.17, 15) is 4.79 Å². The lowest BCUT2D eigenvalue weighted by Gasteiger charge is -2.09. The number of nitrogen functional groups attached to an aromatic ring is 1. The summed E-state index contributed by atoms with van der Waals surface area (Å²) in [5, 5.41) is 2.87. The van der Waals surface area contributed by atoms with E-state index in [1.54, 1.807) is 18.3 Å². The normalized spacial score (nSPS) is 9.86. The molecular formula is C18H25N3O. The van der Waals surface area contributed by atoms with Crippen molar-refractivity contribution in [2.24, 2.45) is 0 Å². The van der Waals surface area contributed by atoms with E-state index in [1.807, 2.05) is 38.1 Å². The zero-order valence-electron chi connectivity index (χ0n) is 13.8. The molecule has 0 spiro atoms. The fourth-order valence-corrected chi connectivity index (χ4v) is 1.81. The van der Waals surface area contributed by atoms with Gasteiger partial charge in [0, 0.05) is 17.8 Å². The lowest BCUT2D eigenvalue weighted by Crippen LogP contribution is -2.30. The average molecular weight is 299 g/mol. The van der Waals surface area contributed by atoms with E-state index in [4.69, 9.17) is 5.73 Å². The maximum Gasteiger partial charge on any atom is 0.251 e. The van der Waals surface area contributed by atoms with E-state index >= 15 is 0 Å². The Morgan fingerprint density at radius 1 is 1.18 bits per heavy atom. The SMILES string of the molecule is CC(C)NC(=O)c1cccc(-c2ccnc(N)c2)c1.CCC. The van der Waals surface area contributed by atoms with E-state index < -0.39 is 0 Å². The summed E-state index contributed by atoms with van der Waals surface area (Å²) in [7, 11) is 0. The molecule has 1 amide bonds. The van der Waals surface area contributed by atoms with Gasteiger partial charge in [-0.05, 0) is 49.2 Å². The average Bonchev–Trinajstić information content (AvgIpc) is 2.47. The van der Waals surface area contributed by atoms with Gasteiger partial charge >= 0.3 is 0 Å². The van der Waals surface area contributed by atoms with Crippen molar-refractivity contribution in [3.63, 3.8) is 0 Å². The molecule has 0 aliphatic rings. The van der Waals surface area contributed by atoms with Crippen LogP contribution < -0.4 is 11.1 Å². The zero-order valence-corrected chi connectivity index (χ0v) is 13.8. The predicted molar refractivity (Wildman–Crippen MR) is 92.7 cm³/mol. The van der Waals surface area contributed by atoms with Crippen molar-refractivity contribution in [1.82, 2.24) is 10.3 Å². The number of aromatic nitrogens is 1. The third-order valence-electron chi connectivity index (χ3n) is 2.66. The Bertz CT molecular complexity index is 609. The molecule has 4 heteroatoms. The second-order valence-electron chi connectivity index (χ2n) is 5.39. The Labute approximate surface area is 132 Å². The van der Waals surface area contributed by atoms with E-state index in [0.717, 1.165) is 11.1 Å². The monoisotopic (exact) mass is 299 g/mol. The zero-order chi connectivity index (χ0) is 16.5. The molecule has 0 aliphatic heterocycles. The highest BCUT2D eigenvalue weighted by molar-refractivity contribution is 5.95. The number of rotatable bonds is 3. The van der Waals surface area contributed by atoms with Gasteiger partial charge in [-0.1, -0.05) is 32.4 Å². The quantitative estimate of drug-likeness (QED) is 0.903. The highest BCUT2D eigenvalue weighted by atomic mass is 16.1. The summed E-state index contributed by atoms with van der Waals surface area (Å²) in [6.07, 6.45) is 2.91. The fourth-order valence-electron chi connectivity index (χ4n) is 1.81. The van der Waals surface area contributed by atoms with Gasteiger partial charge in [-0.3, -0.25) is 4.79 Å². The van der Waals surface area contributed by atoms with Gasteiger partial charge in [0.05, 0.1) is 0 Å². The molecule has 2 rings (SSSR count). The Balaban J connectivity index is 0.000000745. The lowest BCUT2D eigenvalue weighted by molar-refractivity contribution is 0.0943. The van der Waals surface area contributed by atoms with Crippen LogP contribution >= 0.6 is 0 Å². The topological polar surface area (TPSA) is 68.0 Å². The Morgan fingerprint density at radius 2 is 1.82 bits per heavy atom. The van der Waals surface area contributed by atoms with Crippen molar-refractivity contribution in [1.29, 1.82) is 0 Å². The molecule has 0 unspecified atom stereocenters. The number of pyridine rings is 1. The number of hydrogen-bond acceptors (Lipinski definition) is 3. The summed E-state index contributed by atoms with van der Waals surface area (Å²) >= 11 is 0. The second-order valence-corrected chi connectivity index (χ2v) is 5.39. The Morgan fingerprint density at radius 3 is 2.41 bits per heavy atom. The number of nitrogens with two attached hydrogens (primary N) is 1. The largest absolute Gasteiger partial charge is 0.384 e. The smallest absolute Gasteiger partial charge is 0.251 e. The van der Waals surface area contributed by atoms with Gasteiger partial charge in [-0.25, -0.2) is 4.98 Å². The number of nitrogens with zero attached hydrogens (tertiary/aromatic N) is 1. The van der Waals surface area contributed by atoms with Crippen LogP contribution in [-0.2, 0) is 0 Å². The standard InChI is InChI=1S/C15H17N3O.C3H8/c1-10(2)18-15(19)13-5-3-4-11(8-13)12-6-7-17-14(16)9-12;1-3-2/h3-10H,1-2H3,(H2,16,17)(H,18,19);3H2,1-2H3. The van der Waals surface area contributed by atoms with E-state index in [1.165, 1.54) is 6.42 Å². The highest BCUT2D eigenvalue weighted by Crippen LogP contribution is 2.21. The summed E-state index contributed by atoms with van der Waals surface area (Å²) in [4.78, 5) is 15.9. The van der Waals surface area contributed by atoms with Crippen molar-refractivity contribution >= 4 is 11.7 Å². The molecular weight excluding hydrogens is 274 g/mol. The first-order valence-corrected chi connectivity index (χ1v) is 7.60. The predicted octanol–water partition coefficient (Wildman–Crippen LogP) is 3.89. The van der Waals surface area contributed by atoms with Crippen molar-refractivity contribution in [3.05, 3.63) is 48.2 Å². The number of nitrogens with one attached hydrogen (secondary N) is 1. The molecule has 0 fully saturated rings. The Hall–Kier alpha value is -2.36. The summed E-state index contributed by atoms with van der Waals surface area (Å²) < 4.78 is 0. The molecule has 4 nitrogen and oxygen atoms in total. The molecule has 0 bridgehead atoms. The minimum atomic E-state index is -0.0705. The number of carbonyl (C=O) groups excluding carboxylic acids is 1. The molecule has 0 saturated heterocycles. The van der Waals surface area contributed by atoms with Crippen molar-refractivity contribution in [2.45, 2.75) is 40.2 Å². The van der Waals surface area contributed by atoms with Crippen LogP contribution in [0.2, 0.25) is 0 Å². The number of carbonyl (C=O) groups is 1. The molecule has 0 saturated carbocycles. The van der Waals surface area contributed by atoms with Crippen molar-refractivity contribution in [2.75, 3.05) is 5.73 Å². The van der Waals surface area contributed by atoms with Gasteiger partial charge in [0.1, 0.15) is 5.82 Å². The minimum Gasteiger partial charge on any atom is -0.384 e. The van der Waals surface area contributed by atoms with Crippen LogP contribution in [0.4, 0.5) is 5.82 Å². The summed E-state index contributed by atoms with van der Waals surface area (Å²) in [6.45, 7) is 8.12. The van der Waals surface area contributed by atoms with Crippen LogP contribution in [-0.4, -0.2) is 16.9 Å². The minimum absolute atomic E-state index is 0.0705. The molecule has 2 aromatic rings. The van der Waals surface area contributed by atoms with Gasteiger partial charge in [0.15, 0.2) is 0 Å². The highest BCUT2D eigenvalue weighted by Gasteiger charge is 2.08. The van der Waals surface area contributed by atoms with Gasteiger partial charge in [-0.15, -0.1) is 0 Å². The molecule has 1 aromatic carbocycles. The molecule has 1 heterocycles. The number of benzene rings is 1. The molecule has 22 heavy (non-hydrogen) atoms. The van der Waals surface area contributed by atoms with Crippen LogP contribution in [0.1, 0.15) is 44.5 Å². The number of anilines is 1. The molecule has 0 radical (unpaired) electrons. The van der Waals surface area contributed by atoms with Crippen LogP contribution in [0.15, 0.2) is 42.6 Å². The first kappa shape index (κ1) is 17.7. The van der Waals surface area contributed by atoms with Crippen LogP contribution in [0, 0.1) is 0 Å². The molecule has 0 aliphatic carbocycles. The molecule has 118 valence electrons.